The second kappa shape index (κ2) is 9.00. The Morgan fingerprint density at radius 1 is 0.897 bits per heavy atom. The Kier molecular flexibility index (Phi) is 6.00. The van der Waals surface area contributed by atoms with Gasteiger partial charge in [-0.3, -0.25) is 14.5 Å². The second-order valence-corrected chi connectivity index (χ2v) is 7.45. The number of benzene rings is 1. The molecule has 8 nitrogen and oxygen atoms in total. The highest BCUT2D eigenvalue weighted by atomic mass is 16.2. The molecule has 0 spiro atoms. The molecule has 152 valence electrons. The van der Waals surface area contributed by atoms with Crippen molar-refractivity contribution in [2.24, 2.45) is 0 Å². The summed E-state index contributed by atoms with van der Waals surface area (Å²) in [4.78, 5) is 40.3. The molecule has 0 bridgehead atoms. The minimum absolute atomic E-state index is 0.0743. The van der Waals surface area contributed by atoms with E-state index < -0.39 is 0 Å². The van der Waals surface area contributed by atoms with Crippen LogP contribution in [0.3, 0.4) is 0 Å². The van der Waals surface area contributed by atoms with Crippen LogP contribution in [0, 0.1) is 0 Å². The largest absolute Gasteiger partial charge is 0.342 e. The predicted octanol–water partition coefficient (Wildman–Crippen LogP) is 0.713. The van der Waals surface area contributed by atoms with Gasteiger partial charge in [0, 0.05) is 71.3 Å². The van der Waals surface area contributed by atoms with Crippen LogP contribution in [0.5, 0.6) is 0 Å². The van der Waals surface area contributed by atoms with E-state index in [2.05, 4.69) is 44.0 Å². The average Bonchev–Trinajstić information content (AvgIpc) is 2.80. The fourth-order valence-corrected chi connectivity index (χ4v) is 3.76. The quantitative estimate of drug-likeness (QED) is 0.696. The molecular formula is C21H26N6O2. The maximum atomic E-state index is 12.6. The number of carbonyl (C=O) groups is 2. The van der Waals surface area contributed by atoms with Gasteiger partial charge >= 0.3 is 0 Å². The highest BCUT2D eigenvalue weighted by Crippen LogP contribution is 2.14. The summed E-state index contributed by atoms with van der Waals surface area (Å²) in [5.41, 5.74) is 1.82. The second-order valence-electron chi connectivity index (χ2n) is 7.45. The molecule has 8 heteroatoms. The minimum Gasteiger partial charge on any atom is -0.342 e. The van der Waals surface area contributed by atoms with Crippen molar-refractivity contribution in [2.45, 2.75) is 6.54 Å². The van der Waals surface area contributed by atoms with Crippen LogP contribution in [0.15, 0.2) is 42.7 Å². The van der Waals surface area contributed by atoms with Gasteiger partial charge in [-0.15, -0.1) is 0 Å². The molecule has 0 atom stereocenters. The van der Waals surface area contributed by atoms with Crippen molar-refractivity contribution in [2.75, 3.05) is 57.3 Å². The van der Waals surface area contributed by atoms with Crippen molar-refractivity contribution in [3.05, 3.63) is 53.9 Å². The van der Waals surface area contributed by atoms with Crippen molar-refractivity contribution in [3.8, 4) is 0 Å². The van der Waals surface area contributed by atoms with Gasteiger partial charge in [-0.2, -0.15) is 0 Å². The first-order chi connectivity index (χ1) is 14.2. The smallest absolute Gasteiger partial charge is 0.257 e. The Hall–Kier alpha value is -3.00. The third-order valence-electron chi connectivity index (χ3n) is 5.54. The highest BCUT2D eigenvalue weighted by Gasteiger charge is 2.23. The van der Waals surface area contributed by atoms with Crippen LogP contribution >= 0.6 is 0 Å². The van der Waals surface area contributed by atoms with Crippen LogP contribution in [0.2, 0.25) is 0 Å². The zero-order chi connectivity index (χ0) is 20.1. The van der Waals surface area contributed by atoms with Gasteiger partial charge in [-0.1, -0.05) is 30.3 Å². The first-order valence-corrected chi connectivity index (χ1v) is 10.0. The zero-order valence-corrected chi connectivity index (χ0v) is 16.5. The van der Waals surface area contributed by atoms with Crippen LogP contribution < -0.4 is 4.90 Å². The van der Waals surface area contributed by atoms with Crippen molar-refractivity contribution in [1.82, 2.24) is 24.7 Å². The number of amides is 2. The number of aromatic nitrogens is 2. The van der Waals surface area contributed by atoms with Gasteiger partial charge < -0.3 is 14.7 Å². The summed E-state index contributed by atoms with van der Waals surface area (Å²) in [5, 5.41) is 0. The fourth-order valence-electron chi connectivity index (χ4n) is 3.76. The summed E-state index contributed by atoms with van der Waals surface area (Å²) < 4.78 is 0. The van der Waals surface area contributed by atoms with Crippen LogP contribution in [0.1, 0.15) is 15.9 Å². The van der Waals surface area contributed by atoms with E-state index in [1.54, 1.807) is 22.2 Å². The van der Waals surface area contributed by atoms with Gasteiger partial charge in [0.2, 0.25) is 12.4 Å². The number of piperazine rings is 2. The Morgan fingerprint density at radius 2 is 1.55 bits per heavy atom. The number of rotatable bonds is 5. The number of hydrogen-bond donors (Lipinski definition) is 0. The van der Waals surface area contributed by atoms with Crippen molar-refractivity contribution in [3.63, 3.8) is 0 Å². The molecule has 4 rings (SSSR count). The highest BCUT2D eigenvalue weighted by molar-refractivity contribution is 5.93. The molecule has 2 fully saturated rings. The van der Waals surface area contributed by atoms with E-state index in [1.165, 1.54) is 5.56 Å². The molecule has 0 saturated carbocycles. The monoisotopic (exact) mass is 394 g/mol. The SMILES string of the molecule is O=CN1CCN(C(=O)c2cnc(N3CCN(Cc4ccccc4)CC3)nc2)CC1. The number of nitrogens with zero attached hydrogens (tertiary/aromatic N) is 6. The van der Waals surface area contributed by atoms with Crippen LogP contribution in [0.4, 0.5) is 5.95 Å². The van der Waals surface area contributed by atoms with Crippen molar-refractivity contribution >= 4 is 18.3 Å². The molecule has 1 aromatic heterocycles. The molecule has 0 aliphatic carbocycles. The molecule has 1 aromatic carbocycles. The lowest BCUT2D eigenvalue weighted by Crippen LogP contribution is -2.48. The molecule has 0 radical (unpaired) electrons. The Labute approximate surface area is 170 Å². The zero-order valence-electron chi connectivity index (χ0n) is 16.5. The summed E-state index contributed by atoms with van der Waals surface area (Å²) in [5.74, 6) is 0.599. The van der Waals surface area contributed by atoms with Crippen LogP contribution in [-0.4, -0.2) is 89.3 Å². The molecule has 3 heterocycles. The lowest BCUT2D eigenvalue weighted by atomic mass is 10.2. The molecule has 2 saturated heterocycles. The van der Waals surface area contributed by atoms with E-state index in [9.17, 15) is 9.59 Å². The minimum atomic E-state index is -0.0743. The first kappa shape index (κ1) is 19.3. The molecule has 2 aromatic rings. The van der Waals surface area contributed by atoms with E-state index in [0.29, 0.717) is 37.7 Å². The summed E-state index contributed by atoms with van der Waals surface area (Å²) in [7, 11) is 0. The summed E-state index contributed by atoms with van der Waals surface area (Å²) in [6.07, 6.45) is 4.07. The number of carbonyl (C=O) groups excluding carboxylic acids is 2. The maximum absolute atomic E-state index is 12.6. The van der Waals surface area contributed by atoms with Gasteiger partial charge in [0.1, 0.15) is 0 Å². The lowest BCUT2D eigenvalue weighted by Gasteiger charge is -2.35. The van der Waals surface area contributed by atoms with Gasteiger partial charge in [0.15, 0.2) is 0 Å². The molecule has 2 aliphatic rings. The van der Waals surface area contributed by atoms with Crippen LogP contribution in [-0.2, 0) is 11.3 Å². The van der Waals surface area contributed by atoms with Gasteiger partial charge in [-0.25, -0.2) is 9.97 Å². The standard InChI is InChI=1S/C21H26N6O2/c28-17-25-8-10-26(11-9-25)20(29)19-14-22-21(23-15-19)27-12-6-24(7-13-27)16-18-4-2-1-3-5-18/h1-5,14-15,17H,6-13,16H2. The topological polar surface area (TPSA) is 72.9 Å². The Bertz CT molecular complexity index is 813. The first-order valence-electron chi connectivity index (χ1n) is 10.0. The summed E-state index contributed by atoms with van der Waals surface area (Å²) >= 11 is 0. The molecule has 2 aliphatic heterocycles. The molecule has 0 unspecified atom stereocenters. The van der Waals surface area contributed by atoms with Gasteiger partial charge in [0.25, 0.3) is 5.91 Å². The third-order valence-corrected chi connectivity index (χ3v) is 5.54. The van der Waals surface area contributed by atoms with E-state index >= 15 is 0 Å². The van der Waals surface area contributed by atoms with Gasteiger partial charge in [-0.05, 0) is 5.56 Å². The Balaban J connectivity index is 1.29. The summed E-state index contributed by atoms with van der Waals surface area (Å²) in [6.45, 7) is 6.84. The van der Waals surface area contributed by atoms with Crippen molar-refractivity contribution in [1.29, 1.82) is 0 Å². The Morgan fingerprint density at radius 3 is 2.17 bits per heavy atom. The van der Waals surface area contributed by atoms with E-state index in [-0.39, 0.29) is 5.91 Å². The van der Waals surface area contributed by atoms with E-state index in [0.717, 1.165) is 39.1 Å². The maximum Gasteiger partial charge on any atom is 0.257 e. The molecule has 2 amide bonds. The molecular weight excluding hydrogens is 368 g/mol. The molecule has 29 heavy (non-hydrogen) atoms. The predicted molar refractivity (Wildman–Crippen MR) is 110 cm³/mol. The van der Waals surface area contributed by atoms with Crippen molar-refractivity contribution < 1.29 is 9.59 Å². The summed E-state index contributed by atoms with van der Waals surface area (Å²) in [6, 6.07) is 10.5. The van der Waals surface area contributed by atoms with E-state index in [4.69, 9.17) is 0 Å². The number of anilines is 1. The van der Waals surface area contributed by atoms with E-state index in [1.807, 2.05) is 6.07 Å². The fraction of sp³-hybridized carbons (Fsp3) is 0.429. The molecule has 0 N–H and O–H groups in total. The average molecular weight is 394 g/mol. The third kappa shape index (κ3) is 4.71. The van der Waals surface area contributed by atoms with Gasteiger partial charge in [0.05, 0.1) is 5.56 Å². The lowest BCUT2D eigenvalue weighted by molar-refractivity contribution is -0.119. The van der Waals surface area contributed by atoms with Crippen LogP contribution in [0.25, 0.3) is 0 Å². The number of hydrogen-bond acceptors (Lipinski definition) is 6. The normalized spacial score (nSPS) is 18.0.